The number of carbonyl (C=O) groups excluding carboxylic acids is 2. The zero-order valence-corrected chi connectivity index (χ0v) is 16.1. The van der Waals surface area contributed by atoms with E-state index in [0.29, 0.717) is 16.3 Å². The van der Waals surface area contributed by atoms with E-state index in [1.54, 1.807) is 6.20 Å². The third-order valence-corrected chi connectivity index (χ3v) is 5.12. The van der Waals surface area contributed by atoms with Crippen molar-refractivity contribution in [3.05, 3.63) is 64.8 Å². The molecule has 0 saturated carbocycles. The van der Waals surface area contributed by atoms with E-state index in [4.69, 9.17) is 0 Å². The van der Waals surface area contributed by atoms with Crippen LogP contribution in [0.1, 0.15) is 40.8 Å². The van der Waals surface area contributed by atoms with E-state index in [-0.39, 0.29) is 17.9 Å². The Balaban J connectivity index is 1.76. The highest BCUT2D eigenvalue weighted by Gasteiger charge is 2.19. The maximum atomic E-state index is 12.7. The Morgan fingerprint density at radius 3 is 2.67 bits per heavy atom. The fourth-order valence-electron chi connectivity index (χ4n) is 2.64. The van der Waals surface area contributed by atoms with E-state index in [1.165, 1.54) is 18.3 Å². The number of anilines is 1. The van der Waals surface area contributed by atoms with Gasteiger partial charge >= 0.3 is 0 Å². The Bertz CT molecular complexity index is 969. The van der Waals surface area contributed by atoms with Crippen molar-refractivity contribution in [3.8, 4) is 10.7 Å². The van der Waals surface area contributed by atoms with Crippen molar-refractivity contribution < 1.29 is 9.59 Å². The van der Waals surface area contributed by atoms with E-state index >= 15 is 0 Å². The van der Waals surface area contributed by atoms with E-state index in [0.717, 1.165) is 16.3 Å². The summed E-state index contributed by atoms with van der Waals surface area (Å²) in [6.07, 6.45) is 1.70. The number of amides is 2. The summed E-state index contributed by atoms with van der Waals surface area (Å²) in [6.45, 7) is 5.18. The van der Waals surface area contributed by atoms with Crippen LogP contribution in [-0.4, -0.2) is 21.8 Å². The molecule has 3 rings (SSSR count). The molecule has 0 aliphatic heterocycles. The van der Waals surface area contributed by atoms with Crippen molar-refractivity contribution in [3.63, 3.8) is 0 Å². The fraction of sp³-hybridized carbons (Fsp3) is 0.200. The molecule has 1 unspecified atom stereocenters. The number of carbonyl (C=O) groups is 2. The van der Waals surface area contributed by atoms with Gasteiger partial charge in [-0.1, -0.05) is 18.2 Å². The summed E-state index contributed by atoms with van der Waals surface area (Å²) < 4.78 is 0. The van der Waals surface area contributed by atoms with Crippen LogP contribution < -0.4 is 10.6 Å². The third kappa shape index (κ3) is 4.57. The lowest BCUT2D eigenvalue weighted by Crippen LogP contribution is -2.26. The number of aromatic nitrogens is 2. The van der Waals surface area contributed by atoms with Gasteiger partial charge in [0.25, 0.3) is 5.91 Å². The summed E-state index contributed by atoms with van der Waals surface area (Å²) >= 11 is 1.33. The first-order valence-electron chi connectivity index (χ1n) is 8.51. The molecule has 1 atom stereocenters. The van der Waals surface area contributed by atoms with Crippen LogP contribution in [0.2, 0.25) is 0 Å². The lowest BCUT2D eigenvalue weighted by Gasteiger charge is -2.15. The van der Waals surface area contributed by atoms with E-state index < -0.39 is 0 Å². The summed E-state index contributed by atoms with van der Waals surface area (Å²) in [5, 5.41) is 6.47. The normalized spacial score (nSPS) is 11.7. The molecule has 0 aliphatic rings. The van der Waals surface area contributed by atoms with Crippen molar-refractivity contribution in [2.24, 2.45) is 0 Å². The van der Waals surface area contributed by atoms with Crippen molar-refractivity contribution in [1.29, 1.82) is 0 Å². The van der Waals surface area contributed by atoms with Crippen molar-refractivity contribution in [1.82, 2.24) is 15.3 Å². The molecule has 0 fully saturated rings. The van der Waals surface area contributed by atoms with Gasteiger partial charge in [0.05, 0.1) is 17.4 Å². The fourth-order valence-corrected chi connectivity index (χ4v) is 3.59. The van der Waals surface area contributed by atoms with E-state index in [1.807, 2.05) is 56.3 Å². The highest BCUT2D eigenvalue weighted by molar-refractivity contribution is 7.17. The van der Waals surface area contributed by atoms with Gasteiger partial charge in [0, 0.05) is 18.8 Å². The predicted octanol–water partition coefficient (Wildman–Crippen LogP) is 3.96. The first-order valence-corrected chi connectivity index (χ1v) is 9.33. The summed E-state index contributed by atoms with van der Waals surface area (Å²) in [7, 11) is 0. The first kappa shape index (κ1) is 18.7. The van der Waals surface area contributed by atoms with Crippen LogP contribution in [0.4, 0.5) is 5.69 Å². The quantitative estimate of drug-likeness (QED) is 0.702. The number of thiazole rings is 1. The molecule has 0 bridgehead atoms. The molecule has 2 N–H and O–H groups in total. The largest absolute Gasteiger partial charge is 0.345 e. The Hall–Kier alpha value is -3.06. The molecule has 2 aromatic heterocycles. The molecule has 7 heteroatoms. The average molecular weight is 380 g/mol. The first-order chi connectivity index (χ1) is 12.9. The highest BCUT2D eigenvalue weighted by Crippen LogP contribution is 2.27. The van der Waals surface area contributed by atoms with Gasteiger partial charge in [0.2, 0.25) is 5.91 Å². The number of aryl methyl sites for hydroxylation is 1. The number of nitrogens with zero attached hydrogens (tertiary/aromatic N) is 2. The van der Waals surface area contributed by atoms with Gasteiger partial charge in [-0.05, 0) is 43.7 Å². The summed E-state index contributed by atoms with van der Waals surface area (Å²) in [5.74, 6) is -0.309. The maximum Gasteiger partial charge on any atom is 0.263 e. The van der Waals surface area contributed by atoms with E-state index in [2.05, 4.69) is 20.6 Å². The molecule has 2 heterocycles. The van der Waals surface area contributed by atoms with Crippen LogP contribution in [0.3, 0.4) is 0 Å². The number of rotatable bonds is 5. The van der Waals surface area contributed by atoms with Gasteiger partial charge in [-0.3, -0.25) is 14.6 Å². The molecule has 6 nitrogen and oxygen atoms in total. The minimum absolute atomic E-state index is 0.133. The zero-order chi connectivity index (χ0) is 19.4. The number of nitrogens with one attached hydrogen (secondary N) is 2. The van der Waals surface area contributed by atoms with Gasteiger partial charge in [-0.25, -0.2) is 4.98 Å². The molecule has 27 heavy (non-hydrogen) atoms. The summed E-state index contributed by atoms with van der Waals surface area (Å²) in [5.41, 5.74) is 3.03. The Morgan fingerprint density at radius 2 is 1.96 bits per heavy atom. The van der Waals surface area contributed by atoms with E-state index in [9.17, 15) is 9.59 Å². The van der Waals surface area contributed by atoms with Gasteiger partial charge in [0.15, 0.2) is 0 Å². The lowest BCUT2D eigenvalue weighted by atomic mass is 10.1. The molecule has 138 valence electrons. The predicted molar refractivity (Wildman–Crippen MR) is 107 cm³/mol. The molecular weight excluding hydrogens is 360 g/mol. The van der Waals surface area contributed by atoms with Crippen LogP contribution in [-0.2, 0) is 4.79 Å². The minimum Gasteiger partial charge on any atom is -0.345 e. The van der Waals surface area contributed by atoms with Crippen molar-refractivity contribution >= 4 is 28.8 Å². The van der Waals surface area contributed by atoms with Gasteiger partial charge in [-0.2, -0.15) is 0 Å². The van der Waals surface area contributed by atoms with Crippen LogP contribution in [0.5, 0.6) is 0 Å². The van der Waals surface area contributed by atoms with Crippen molar-refractivity contribution in [2.75, 3.05) is 5.32 Å². The van der Waals surface area contributed by atoms with Gasteiger partial charge in [0.1, 0.15) is 9.88 Å². The number of hydrogen-bond acceptors (Lipinski definition) is 5. The van der Waals surface area contributed by atoms with Crippen LogP contribution in [0.15, 0.2) is 48.7 Å². The molecule has 2 amide bonds. The Labute approximate surface area is 161 Å². The van der Waals surface area contributed by atoms with Crippen LogP contribution >= 0.6 is 11.3 Å². The second-order valence-electron chi connectivity index (χ2n) is 6.15. The van der Waals surface area contributed by atoms with Crippen LogP contribution in [0.25, 0.3) is 10.7 Å². The molecule has 0 saturated heterocycles. The maximum absolute atomic E-state index is 12.7. The average Bonchev–Trinajstić information content (AvgIpc) is 3.04. The standard InChI is InChI=1S/C20H20N4O2S/c1-12(15-7-6-8-16(11-15)24-14(3)25)22-19(26)18-13(2)23-20(27-18)17-9-4-5-10-21-17/h4-12H,1-3H3,(H,22,26)(H,24,25). The third-order valence-electron chi connectivity index (χ3n) is 3.94. The molecule has 1 aromatic carbocycles. The van der Waals surface area contributed by atoms with Crippen molar-refractivity contribution in [2.45, 2.75) is 26.8 Å². The summed E-state index contributed by atoms with van der Waals surface area (Å²) in [6, 6.07) is 12.8. The smallest absolute Gasteiger partial charge is 0.263 e. The van der Waals surface area contributed by atoms with Gasteiger partial charge in [-0.15, -0.1) is 11.3 Å². The molecule has 0 aliphatic carbocycles. The molecule has 0 spiro atoms. The minimum atomic E-state index is -0.217. The van der Waals surface area contributed by atoms with Crippen LogP contribution in [0, 0.1) is 6.92 Å². The Kier molecular flexibility index (Phi) is 5.61. The monoisotopic (exact) mass is 380 g/mol. The molecule has 3 aromatic rings. The van der Waals surface area contributed by atoms with Gasteiger partial charge < -0.3 is 10.6 Å². The number of pyridine rings is 1. The second kappa shape index (κ2) is 8.09. The molecular formula is C20H20N4O2S. The summed E-state index contributed by atoms with van der Waals surface area (Å²) in [4.78, 5) is 33.3. The SMILES string of the molecule is CC(=O)Nc1cccc(C(C)NC(=O)c2sc(-c3ccccn3)nc2C)c1. The second-order valence-corrected chi connectivity index (χ2v) is 7.15. The lowest BCUT2D eigenvalue weighted by molar-refractivity contribution is -0.114. The number of benzene rings is 1. The molecule has 0 radical (unpaired) electrons. The number of hydrogen-bond donors (Lipinski definition) is 2. The Morgan fingerprint density at radius 1 is 1.15 bits per heavy atom. The highest BCUT2D eigenvalue weighted by atomic mass is 32.1. The zero-order valence-electron chi connectivity index (χ0n) is 15.3. The topological polar surface area (TPSA) is 84.0 Å².